The molecule has 116 valence electrons. The van der Waals surface area contributed by atoms with Gasteiger partial charge >= 0.3 is 11.9 Å². The zero-order chi connectivity index (χ0) is 16.6. The Morgan fingerprint density at radius 3 is 1.96 bits per heavy atom. The molecule has 3 rings (SSSR count). The molecule has 0 aromatic heterocycles. The number of carbonyl (C=O) groups excluding carboxylic acids is 1. The molecule has 1 unspecified atom stereocenters. The van der Waals surface area contributed by atoms with Crippen molar-refractivity contribution in [3.63, 3.8) is 0 Å². The number of carboxylic acid groups (broad SMARTS) is 2. The first-order valence-corrected chi connectivity index (χ1v) is 8.19. The molecule has 1 aliphatic rings. The lowest BCUT2D eigenvalue weighted by Gasteiger charge is -2.19. The van der Waals surface area contributed by atoms with Crippen molar-refractivity contribution in [2.75, 3.05) is 0 Å². The molecular formula is C16H10O5S2. The van der Waals surface area contributed by atoms with E-state index in [1.807, 2.05) is 24.3 Å². The number of rotatable bonds is 4. The van der Waals surface area contributed by atoms with Crippen LogP contribution in [0.3, 0.4) is 0 Å². The first kappa shape index (κ1) is 15.6. The maximum atomic E-state index is 11.7. The monoisotopic (exact) mass is 346 g/mol. The van der Waals surface area contributed by atoms with E-state index in [9.17, 15) is 19.5 Å². The standard InChI is InChI=1S/C16H10O5S2/c17-14(16(20)21)13(15(18)19)8-5-6-11-12(7-8)23-10-4-2-1-3-9(10)22-11/h1-7,13H,(H,18,19)(H,20,21). The third-order valence-corrected chi connectivity index (χ3v) is 5.85. The molecule has 2 N–H and O–H groups in total. The molecule has 1 atom stereocenters. The van der Waals surface area contributed by atoms with Gasteiger partial charge in [-0.15, -0.1) is 0 Å². The molecule has 0 bridgehead atoms. The van der Waals surface area contributed by atoms with Gasteiger partial charge in [0.15, 0.2) is 5.92 Å². The Labute approximate surface area is 139 Å². The van der Waals surface area contributed by atoms with E-state index in [0.717, 1.165) is 19.6 Å². The maximum Gasteiger partial charge on any atom is 0.373 e. The van der Waals surface area contributed by atoms with Crippen molar-refractivity contribution in [3.8, 4) is 0 Å². The van der Waals surface area contributed by atoms with Crippen molar-refractivity contribution in [1.82, 2.24) is 0 Å². The number of hydrogen-bond acceptors (Lipinski definition) is 5. The molecule has 0 amide bonds. The highest BCUT2D eigenvalue weighted by Crippen LogP contribution is 2.48. The Bertz CT molecular complexity index is 831. The molecule has 7 heteroatoms. The topological polar surface area (TPSA) is 91.7 Å². The van der Waals surface area contributed by atoms with Crippen LogP contribution in [0.25, 0.3) is 0 Å². The van der Waals surface area contributed by atoms with Gasteiger partial charge in [-0.25, -0.2) is 4.79 Å². The largest absolute Gasteiger partial charge is 0.480 e. The van der Waals surface area contributed by atoms with E-state index in [2.05, 4.69) is 0 Å². The predicted octanol–water partition coefficient (Wildman–Crippen LogP) is 3.12. The summed E-state index contributed by atoms with van der Waals surface area (Å²) in [7, 11) is 0. The molecule has 0 aliphatic carbocycles. The lowest BCUT2D eigenvalue weighted by atomic mass is 9.95. The number of fused-ring (bicyclic) bond motifs is 2. The van der Waals surface area contributed by atoms with Crippen LogP contribution >= 0.6 is 23.5 Å². The summed E-state index contributed by atoms with van der Waals surface area (Å²) >= 11 is 3.03. The molecule has 1 aliphatic heterocycles. The van der Waals surface area contributed by atoms with Crippen LogP contribution in [0.2, 0.25) is 0 Å². The summed E-state index contributed by atoms with van der Waals surface area (Å²) in [5, 5.41) is 18.0. The molecule has 0 saturated heterocycles. The van der Waals surface area contributed by atoms with Gasteiger partial charge in [-0.1, -0.05) is 41.7 Å². The third kappa shape index (κ3) is 2.97. The number of carboxylic acids is 2. The molecule has 0 spiro atoms. The number of ketones is 1. The van der Waals surface area contributed by atoms with Gasteiger partial charge in [0.25, 0.3) is 5.78 Å². The summed E-state index contributed by atoms with van der Waals surface area (Å²) in [4.78, 5) is 37.7. The van der Waals surface area contributed by atoms with E-state index in [0.29, 0.717) is 0 Å². The van der Waals surface area contributed by atoms with Gasteiger partial charge < -0.3 is 10.2 Å². The summed E-state index contributed by atoms with van der Waals surface area (Å²) < 4.78 is 0. The maximum absolute atomic E-state index is 11.7. The van der Waals surface area contributed by atoms with Gasteiger partial charge in [0.2, 0.25) is 0 Å². The van der Waals surface area contributed by atoms with Crippen LogP contribution in [-0.4, -0.2) is 27.9 Å². The fourth-order valence-corrected chi connectivity index (χ4v) is 4.52. The molecule has 2 aromatic rings. The minimum atomic E-state index is -1.75. The normalized spacial score (nSPS) is 13.6. The Balaban J connectivity index is 2.00. The molecule has 0 saturated carbocycles. The van der Waals surface area contributed by atoms with Gasteiger partial charge in [0.1, 0.15) is 0 Å². The quantitative estimate of drug-likeness (QED) is 0.554. The summed E-state index contributed by atoms with van der Waals surface area (Å²) in [6, 6.07) is 12.6. The minimum Gasteiger partial charge on any atom is -0.480 e. The summed E-state index contributed by atoms with van der Waals surface area (Å²) in [6.45, 7) is 0. The Kier molecular flexibility index (Phi) is 4.14. The van der Waals surface area contributed by atoms with Crippen molar-refractivity contribution in [3.05, 3.63) is 48.0 Å². The van der Waals surface area contributed by atoms with Crippen LogP contribution in [0.4, 0.5) is 0 Å². The SMILES string of the molecule is O=C(O)C(=O)C(C(=O)O)c1ccc2c(c1)Sc1ccccc1S2. The van der Waals surface area contributed by atoms with Crippen LogP contribution in [0, 0.1) is 0 Å². The van der Waals surface area contributed by atoms with Crippen LogP contribution in [0.15, 0.2) is 62.0 Å². The fraction of sp³-hybridized carbons (Fsp3) is 0.0625. The molecule has 1 heterocycles. The molecule has 0 fully saturated rings. The first-order valence-electron chi connectivity index (χ1n) is 6.56. The summed E-state index contributed by atoms with van der Waals surface area (Å²) in [6.07, 6.45) is 0. The van der Waals surface area contributed by atoms with Gasteiger partial charge in [-0.2, -0.15) is 0 Å². The van der Waals surface area contributed by atoms with Gasteiger partial charge in [0, 0.05) is 19.6 Å². The van der Waals surface area contributed by atoms with Crippen molar-refractivity contribution in [2.45, 2.75) is 25.5 Å². The second-order valence-corrected chi connectivity index (χ2v) is 6.97. The van der Waals surface area contributed by atoms with E-state index in [1.165, 1.54) is 17.8 Å². The van der Waals surface area contributed by atoms with Gasteiger partial charge in [0.05, 0.1) is 0 Å². The highest BCUT2D eigenvalue weighted by Gasteiger charge is 2.33. The third-order valence-electron chi connectivity index (χ3n) is 3.31. The Morgan fingerprint density at radius 1 is 0.826 bits per heavy atom. The second-order valence-electron chi connectivity index (χ2n) is 4.80. The van der Waals surface area contributed by atoms with Crippen LogP contribution in [0.5, 0.6) is 0 Å². The van der Waals surface area contributed by atoms with Gasteiger partial charge in [-0.3, -0.25) is 9.59 Å². The van der Waals surface area contributed by atoms with Crippen molar-refractivity contribution in [1.29, 1.82) is 0 Å². The minimum absolute atomic E-state index is 0.177. The number of carbonyl (C=O) groups is 3. The van der Waals surface area contributed by atoms with Crippen LogP contribution < -0.4 is 0 Å². The number of benzene rings is 2. The smallest absolute Gasteiger partial charge is 0.373 e. The number of hydrogen-bond donors (Lipinski definition) is 2. The average molecular weight is 346 g/mol. The molecular weight excluding hydrogens is 336 g/mol. The van der Waals surface area contributed by atoms with Crippen LogP contribution in [0.1, 0.15) is 11.5 Å². The Hall–Kier alpha value is -2.25. The zero-order valence-electron chi connectivity index (χ0n) is 11.6. The van der Waals surface area contributed by atoms with E-state index in [-0.39, 0.29) is 5.56 Å². The summed E-state index contributed by atoms with van der Waals surface area (Å²) in [5.74, 6) is -6.25. The average Bonchev–Trinajstić information content (AvgIpc) is 2.52. The first-order chi connectivity index (χ1) is 11.0. The molecule has 5 nitrogen and oxygen atoms in total. The van der Waals surface area contributed by atoms with E-state index in [1.54, 1.807) is 23.9 Å². The van der Waals surface area contributed by atoms with E-state index in [4.69, 9.17) is 5.11 Å². The second kappa shape index (κ2) is 6.10. The van der Waals surface area contributed by atoms with Crippen molar-refractivity contribution in [2.24, 2.45) is 0 Å². The number of Topliss-reactive ketones (excluding diaryl/α,β-unsaturated/α-hetero) is 1. The predicted molar refractivity (Wildman–Crippen MR) is 84.1 cm³/mol. The van der Waals surface area contributed by atoms with Gasteiger partial charge in [-0.05, 0) is 29.8 Å². The van der Waals surface area contributed by atoms with Crippen molar-refractivity contribution < 1.29 is 24.6 Å². The highest BCUT2D eigenvalue weighted by atomic mass is 32.2. The lowest BCUT2D eigenvalue weighted by Crippen LogP contribution is -2.28. The van der Waals surface area contributed by atoms with Crippen molar-refractivity contribution >= 4 is 41.2 Å². The van der Waals surface area contributed by atoms with E-state index < -0.39 is 23.6 Å². The summed E-state index contributed by atoms with van der Waals surface area (Å²) in [5.41, 5.74) is 0.177. The Morgan fingerprint density at radius 2 is 1.39 bits per heavy atom. The lowest BCUT2D eigenvalue weighted by molar-refractivity contribution is -0.154. The van der Waals surface area contributed by atoms with E-state index >= 15 is 0 Å². The highest BCUT2D eigenvalue weighted by molar-refractivity contribution is 8.05. The molecule has 2 aromatic carbocycles. The zero-order valence-corrected chi connectivity index (χ0v) is 13.2. The molecule has 23 heavy (non-hydrogen) atoms. The van der Waals surface area contributed by atoms with Crippen LogP contribution in [-0.2, 0) is 14.4 Å². The number of aliphatic carboxylic acids is 2. The molecule has 0 radical (unpaired) electrons. The fourth-order valence-electron chi connectivity index (χ4n) is 2.25.